The third-order valence-electron chi connectivity index (χ3n) is 3.18. The van der Waals surface area contributed by atoms with E-state index in [4.69, 9.17) is 11.6 Å². The average Bonchev–Trinajstić information content (AvgIpc) is 2.84. The lowest BCUT2D eigenvalue weighted by atomic mass is 9.84. The zero-order chi connectivity index (χ0) is 12.4. The zero-order valence-corrected chi connectivity index (χ0v) is 11.0. The lowest BCUT2D eigenvalue weighted by Crippen LogP contribution is -2.51. The fraction of sp³-hybridized carbons (Fsp3) is 0.700. The minimum absolute atomic E-state index is 0.0903. The molecule has 1 saturated carbocycles. The molecule has 17 heavy (non-hydrogen) atoms. The number of nitrogens with zero attached hydrogens (tertiary/aromatic N) is 1. The van der Waals surface area contributed by atoms with Gasteiger partial charge in [-0.3, -0.25) is 5.10 Å². The number of H-pyrrole nitrogens is 1. The van der Waals surface area contributed by atoms with Crippen LogP contribution in [-0.2, 0) is 10.0 Å². The van der Waals surface area contributed by atoms with Crippen LogP contribution in [0.1, 0.15) is 32.1 Å². The van der Waals surface area contributed by atoms with Crippen molar-refractivity contribution in [2.75, 3.05) is 5.88 Å². The molecule has 1 fully saturated rings. The van der Waals surface area contributed by atoms with E-state index in [1.807, 2.05) is 0 Å². The van der Waals surface area contributed by atoms with Crippen LogP contribution in [0, 0.1) is 0 Å². The standard InChI is InChI=1S/C10H16ClN3O2S/c11-8-10(5-2-1-3-6-10)14-17(15,16)9-4-7-12-13-9/h4,7,14H,1-3,5-6,8H2,(H,12,13). The van der Waals surface area contributed by atoms with E-state index in [-0.39, 0.29) is 5.03 Å². The van der Waals surface area contributed by atoms with Gasteiger partial charge in [-0.2, -0.15) is 5.10 Å². The fourth-order valence-corrected chi connectivity index (χ4v) is 4.01. The van der Waals surface area contributed by atoms with Crippen LogP contribution in [0.4, 0.5) is 0 Å². The van der Waals surface area contributed by atoms with Crippen molar-refractivity contribution in [3.8, 4) is 0 Å². The molecule has 2 N–H and O–H groups in total. The van der Waals surface area contributed by atoms with E-state index in [9.17, 15) is 8.42 Å². The molecule has 0 aliphatic heterocycles. The quantitative estimate of drug-likeness (QED) is 0.822. The second-order valence-corrected chi connectivity index (χ2v) is 6.42. The minimum Gasteiger partial charge on any atom is -0.266 e. The van der Waals surface area contributed by atoms with E-state index in [2.05, 4.69) is 14.9 Å². The van der Waals surface area contributed by atoms with Crippen LogP contribution in [0.3, 0.4) is 0 Å². The van der Waals surface area contributed by atoms with Gasteiger partial charge in [-0.1, -0.05) is 19.3 Å². The van der Waals surface area contributed by atoms with Crippen molar-refractivity contribution in [2.24, 2.45) is 0 Å². The molecule has 2 rings (SSSR count). The summed E-state index contributed by atoms with van der Waals surface area (Å²) >= 11 is 5.95. The highest BCUT2D eigenvalue weighted by Crippen LogP contribution is 2.30. The van der Waals surface area contributed by atoms with Gasteiger partial charge in [0.15, 0.2) is 5.03 Å². The Morgan fingerprint density at radius 2 is 2.12 bits per heavy atom. The number of alkyl halides is 1. The topological polar surface area (TPSA) is 74.8 Å². The van der Waals surface area contributed by atoms with Crippen LogP contribution >= 0.6 is 11.6 Å². The first-order valence-corrected chi connectivity index (χ1v) is 7.69. The molecule has 5 nitrogen and oxygen atoms in total. The number of rotatable bonds is 4. The molecule has 0 atom stereocenters. The Morgan fingerprint density at radius 3 is 2.65 bits per heavy atom. The molecule has 0 radical (unpaired) electrons. The van der Waals surface area contributed by atoms with Gasteiger partial charge in [0.1, 0.15) is 0 Å². The first-order chi connectivity index (χ1) is 8.08. The highest BCUT2D eigenvalue weighted by atomic mass is 35.5. The molecule has 1 aliphatic rings. The zero-order valence-electron chi connectivity index (χ0n) is 9.45. The summed E-state index contributed by atoms with van der Waals surface area (Å²) in [6.45, 7) is 0. The number of nitrogens with one attached hydrogen (secondary N) is 2. The van der Waals surface area contributed by atoms with Crippen molar-refractivity contribution in [3.63, 3.8) is 0 Å². The number of hydrogen-bond acceptors (Lipinski definition) is 3. The first kappa shape index (κ1) is 12.9. The summed E-state index contributed by atoms with van der Waals surface area (Å²) in [7, 11) is -3.54. The van der Waals surface area contributed by atoms with Crippen LogP contribution in [0.25, 0.3) is 0 Å². The second-order valence-electron chi connectivity index (χ2n) is 4.50. The summed E-state index contributed by atoms with van der Waals surface area (Å²) in [5, 5.41) is 6.21. The van der Waals surface area contributed by atoms with Crippen LogP contribution < -0.4 is 4.72 Å². The van der Waals surface area contributed by atoms with Crippen molar-refractivity contribution >= 4 is 21.6 Å². The van der Waals surface area contributed by atoms with Crippen molar-refractivity contribution in [1.29, 1.82) is 0 Å². The Kier molecular flexibility index (Phi) is 3.75. The third kappa shape index (κ3) is 2.81. The van der Waals surface area contributed by atoms with Gasteiger partial charge < -0.3 is 0 Å². The van der Waals surface area contributed by atoms with Gasteiger partial charge in [0, 0.05) is 11.4 Å². The highest BCUT2D eigenvalue weighted by Gasteiger charge is 2.36. The normalized spacial score (nSPS) is 20.3. The van der Waals surface area contributed by atoms with Crippen LogP contribution in [0.2, 0.25) is 0 Å². The predicted molar refractivity (Wildman–Crippen MR) is 65.4 cm³/mol. The Hall–Kier alpha value is -0.590. The Bertz CT molecular complexity index is 452. The summed E-state index contributed by atoms with van der Waals surface area (Å²) in [6, 6.07) is 1.44. The van der Waals surface area contributed by atoms with Gasteiger partial charge in [0.2, 0.25) is 0 Å². The second kappa shape index (κ2) is 4.96. The summed E-state index contributed by atoms with van der Waals surface area (Å²) < 4.78 is 26.9. The van der Waals surface area contributed by atoms with Crippen molar-refractivity contribution in [1.82, 2.24) is 14.9 Å². The number of aromatic nitrogens is 2. The molecular formula is C10H16ClN3O2S. The fourth-order valence-electron chi connectivity index (χ4n) is 2.22. The number of halogens is 1. The van der Waals surface area contributed by atoms with E-state index < -0.39 is 15.6 Å². The molecule has 1 heterocycles. The number of hydrogen-bond donors (Lipinski definition) is 2. The number of aromatic amines is 1. The van der Waals surface area contributed by atoms with Gasteiger partial charge in [-0.15, -0.1) is 11.6 Å². The van der Waals surface area contributed by atoms with Gasteiger partial charge in [0.05, 0.1) is 6.20 Å². The molecule has 0 unspecified atom stereocenters. The lowest BCUT2D eigenvalue weighted by molar-refractivity contribution is 0.297. The van der Waals surface area contributed by atoms with Crippen molar-refractivity contribution < 1.29 is 8.42 Å². The maximum Gasteiger partial charge on any atom is 0.258 e. The SMILES string of the molecule is O=S(=O)(NC1(CCl)CCCCC1)c1ccn[nH]1. The third-order valence-corrected chi connectivity index (χ3v) is 5.20. The monoisotopic (exact) mass is 277 g/mol. The van der Waals surface area contributed by atoms with Gasteiger partial charge >= 0.3 is 0 Å². The molecule has 1 aromatic heterocycles. The maximum absolute atomic E-state index is 12.1. The first-order valence-electron chi connectivity index (χ1n) is 5.67. The predicted octanol–water partition coefficient (Wildman–Crippen LogP) is 1.63. The average molecular weight is 278 g/mol. The molecule has 0 saturated heterocycles. The molecule has 0 spiro atoms. The van der Waals surface area contributed by atoms with Crippen molar-refractivity contribution in [3.05, 3.63) is 12.3 Å². The smallest absolute Gasteiger partial charge is 0.258 e. The summed E-state index contributed by atoms with van der Waals surface area (Å²) in [6.07, 6.45) is 6.18. The van der Waals surface area contributed by atoms with E-state index in [1.165, 1.54) is 12.3 Å². The molecule has 0 bridgehead atoms. The van der Waals surface area contributed by atoms with Gasteiger partial charge in [-0.05, 0) is 18.9 Å². The summed E-state index contributed by atoms with van der Waals surface area (Å²) in [4.78, 5) is 0. The van der Waals surface area contributed by atoms with Crippen molar-refractivity contribution in [2.45, 2.75) is 42.7 Å². The lowest BCUT2D eigenvalue weighted by Gasteiger charge is -2.35. The van der Waals surface area contributed by atoms with E-state index in [0.717, 1.165) is 32.1 Å². The molecule has 96 valence electrons. The van der Waals surface area contributed by atoms with Crippen LogP contribution in [-0.4, -0.2) is 30.0 Å². The van der Waals surface area contributed by atoms with Crippen LogP contribution in [0.5, 0.6) is 0 Å². The van der Waals surface area contributed by atoms with E-state index >= 15 is 0 Å². The van der Waals surface area contributed by atoms with E-state index in [0.29, 0.717) is 5.88 Å². The highest BCUT2D eigenvalue weighted by molar-refractivity contribution is 7.89. The Balaban J connectivity index is 2.19. The van der Waals surface area contributed by atoms with Gasteiger partial charge in [0.25, 0.3) is 10.0 Å². The summed E-state index contributed by atoms with van der Waals surface area (Å²) in [5.41, 5.74) is -0.496. The molecule has 1 aromatic rings. The summed E-state index contributed by atoms with van der Waals surface area (Å²) in [5.74, 6) is 0.306. The Labute approximate surface area is 106 Å². The minimum atomic E-state index is -3.54. The maximum atomic E-state index is 12.1. The van der Waals surface area contributed by atoms with Gasteiger partial charge in [-0.25, -0.2) is 13.1 Å². The molecule has 1 aliphatic carbocycles. The Morgan fingerprint density at radius 1 is 1.41 bits per heavy atom. The molecule has 0 aromatic carbocycles. The molecule has 7 heteroatoms. The molecule has 0 amide bonds. The number of sulfonamides is 1. The van der Waals surface area contributed by atoms with Crippen LogP contribution in [0.15, 0.2) is 17.3 Å². The largest absolute Gasteiger partial charge is 0.266 e. The molecular weight excluding hydrogens is 262 g/mol. The van der Waals surface area contributed by atoms with E-state index in [1.54, 1.807) is 0 Å².